The van der Waals surface area contributed by atoms with Crippen LogP contribution in [0.5, 0.6) is 5.75 Å². The van der Waals surface area contributed by atoms with Crippen LogP contribution in [0.4, 0.5) is 10.2 Å². The zero-order chi connectivity index (χ0) is 22.0. The van der Waals surface area contributed by atoms with Crippen molar-refractivity contribution in [3.05, 3.63) is 80.3 Å². The Labute approximate surface area is 173 Å². The number of pyridine rings is 1. The molecule has 0 fully saturated rings. The van der Waals surface area contributed by atoms with Crippen LogP contribution in [0.25, 0.3) is 11.1 Å². The van der Waals surface area contributed by atoms with E-state index in [0.29, 0.717) is 5.56 Å². The van der Waals surface area contributed by atoms with Crippen molar-refractivity contribution in [2.24, 2.45) is 0 Å². The van der Waals surface area contributed by atoms with E-state index in [-0.39, 0.29) is 28.5 Å². The van der Waals surface area contributed by atoms with E-state index in [1.807, 2.05) is 4.98 Å². The van der Waals surface area contributed by atoms with Gasteiger partial charge < -0.3 is 25.7 Å². The number of aromatic nitrogens is 1. The molecule has 0 atom stereocenters. The molecule has 0 saturated heterocycles. The number of carboxylic acids is 2. The summed E-state index contributed by atoms with van der Waals surface area (Å²) < 4.78 is 19.2. The van der Waals surface area contributed by atoms with Crippen molar-refractivity contribution in [3.63, 3.8) is 0 Å². The predicted octanol–water partition coefficient (Wildman–Crippen LogP) is 3.39. The molecule has 0 amide bonds. The fraction of sp³-hybridized carbons (Fsp3) is 0.0500. The molecule has 154 valence electrons. The Bertz CT molecular complexity index is 1220. The molecule has 1 heterocycles. The van der Waals surface area contributed by atoms with Crippen LogP contribution >= 0.6 is 11.6 Å². The number of anilines is 1. The van der Waals surface area contributed by atoms with Crippen molar-refractivity contribution < 1.29 is 28.9 Å². The van der Waals surface area contributed by atoms with Crippen molar-refractivity contribution >= 4 is 29.4 Å². The Hall–Kier alpha value is -3.85. The highest BCUT2D eigenvalue weighted by atomic mass is 35.5. The second-order valence-corrected chi connectivity index (χ2v) is 6.58. The van der Waals surface area contributed by atoms with Gasteiger partial charge in [-0.05, 0) is 35.4 Å². The highest BCUT2D eigenvalue weighted by Gasteiger charge is 2.26. The molecular formula is C20H14ClFN2O6. The first-order valence-corrected chi connectivity index (χ1v) is 8.76. The number of ether oxygens (including phenoxy) is 1. The minimum Gasteiger partial charge on any atom is -0.489 e. The molecule has 30 heavy (non-hydrogen) atoms. The Kier molecular flexibility index (Phi) is 5.74. The zero-order valence-corrected chi connectivity index (χ0v) is 15.9. The number of benzene rings is 2. The second kappa shape index (κ2) is 8.26. The van der Waals surface area contributed by atoms with Gasteiger partial charge in [0.25, 0.3) is 5.56 Å². The largest absolute Gasteiger partial charge is 0.489 e. The minimum atomic E-state index is -1.61. The standard InChI is InChI=1S/C20H14ClFN2O6/c21-12-5-4-9(6-13(12)22)8-30-11-3-1-2-10(7-11)14-15(19(26)27)17(23)24-18(25)16(14)20(28)29/h1-7H,8H2,(H,26,27)(H,28,29)(H3,23,24,25). The smallest absolute Gasteiger partial charge is 0.342 e. The summed E-state index contributed by atoms with van der Waals surface area (Å²) in [7, 11) is 0. The molecular weight excluding hydrogens is 419 g/mol. The van der Waals surface area contributed by atoms with Crippen molar-refractivity contribution in [1.82, 2.24) is 4.98 Å². The lowest BCUT2D eigenvalue weighted by Crippen LogP contribution is -2.24. The number of carboxylic acid groups (broad SMARTS) is 2. The third-order valence-corrected chi connectivity index (χ3v) is 4.49. The van der Waals surface area contributed by atoms with E-state index in [0.717, 1.165) is 0 Å². The van der Waals surface area contributed by atoms with Gasteiger partial charge in [0, 0.05) is 5.56 Å². The number of aromatic amines is 1. The Morgan fingerprint density at radius 1 is 1.10 bits per heavy atom. The number of nitrogens with two attached hydrogens (primary N) is 1. The molecule has 0 aliphatic heterocycles. The molecule has 10 heteroatoms. The van der Waals surface area contributed by atoms with Gasteiger partial charge in [-0.25, -0.2) is 14.0 Å². The number of rotatable bonds is 6. The zero-order valence-electron chi connectivity index (χ0n) is 15.1. The van der Waals surface area contributed by atoms with Crippen LogP contribution in [0.3, 0.4) is 0 Å². The average Bonchev–Trinajstić information content (AvgIpc) is 2.67. The number of hydrogen-bond donors (Lipinski definition) is 4. The fourth-order valence-electron chi connectivity index (χ4n) is 2.87. The van der Waals surface area contributed by atoms with E-state index < -0.39 is 40.3 Å². The first kappa shape index (κ1) is 20.9. The minimum absolute atomic E-state index is 0.0324. The quantitative estimate of drug-likeness (QED) is 0.467. The van der Waals surface area contributed by atoms with Gasteiger partial charge in [-0.3, -0.25) is 4.79 Å². The summed E-state index contributed by atoms with van der Waals surface area (Å²) in [5.74, 6) is -3.98. The first-order valence-electron chi connectivity index (χ1n) is 8.38. The molecule has 3 aromatic rings. The highest BCUT2D eigenvalue weighted by Crippen LogP contribution is 2.31. The first-order chi connectivity index (χ1) is 14.2. The molecule has 0 bridgehead atoms. The molecule has 0 radical (unpaired) electrons. The average molecular weight is 433 g/mol. The third kappa shape index (κ3) is 4.11. The Balaban J connectivity index is 2.05. The number of carbonyl (C=O) groups is 2. The van der Waals surface area contributed by atoms with Gasteiger partial charge in [0.2, 0.25) is 0 Å². The van der Waals surface area contributed by atoms with E-state index in [1.54, 1.807) is 6.07 Å². The van der Waals surface area contributed by atoms with Gasteiger partial charge >= 0.3 is 11.9 Å². The van der Waals surface area contributed by atoms with Crippen LogP contribution < -0.4 is 16.0 Å². The van der Waals surface area contributed by atoms with Crippen LogP contribution in [-0.2, 0) is 6.61 Å². The summed E-state index contributed by atoms with van der Waals surface area (Å²) >= 11 is 5.64. The summed E-state index contributed by atoms with van der Waals surface area (Å²) in [6.07, 6.45) is 0. The summed E-state index contributed by atoms with van der Waals surface area (Å²) in [6.45, 7) is -0.0351. The second-order valence-electron chi connectivity index (χ2n) is 6.17. The fourth-order valence-corrected chi connectivity index (χ4v) is 2.99. The molecule has 0 spiro atoms. The maximum absolute atomic E-state index is 13.6. The Morgan fingerprint density at radius 2 is 1.80 bits per heavy atom. The maximum Gasteiger partial charge on any atom is 0.342 e. The van der Waals surface area contributed by atoms with Crippen LogP contribution in [0.15, 0.2) is 47.3 Å². The van der Waals surface area contributed by atoms with Crippen molar-refractivity contribution in [3.8, 4) is 16.9 Å². The summed E-state index contributed by atoms with van der Waals surface area (Å²) in [5, 5.41) is 18.9. The molecule has 0 aliphatic carbocycles. The molecule has 3 rings (SSSR count). The molecule has 2 aromatic carbocycles. The third-order valence-electron chi connectivity index (χ3n) is 4.18. The molecule has 1 aromatic heterocycles. The lowest BCUT2D eigenvalue weighted by Gasteiger charge is -2.13. The number of nitrogen functional groups attached to an aromatic ring is 1. The lowest BCUT2D eigenvalue weighted by atomic mass is 9.95. The Morgan fingerprint density at radius 3 is 2.43 bits per heavy atom. The molecule has 0 unspecified atom stereocenters. The SMILES string of the molecule is Nc1[nH]c(=O)c(C(=O)O)c(-c2cccc(OCc3ccc(Cl)c(F)c3)c2)c1C(=O)O. The number of nitrogens with one attached hydrogen (secondary N) is 1. The highest BCUT2D eigenvalue weighted by molar-refractivity contribution is 6.30. The van der Waals surface area contributed by atoms with Gasteiger partial charge in [0.15, 0.2) is 0 Å². The number of halogens is 2. The van der Waals surface area contributed by atoms with Crippen molar-refractivity contribution in [2.75, 3.05) is 5.73 Å². The molecule has 0 saturated carbocycles. The molecule has 5 N–H and O–H groups in total. The monoisotopic (exact) mass is 432 g/mol. The van der Waals surface area contributed by atoms with Crippen LogP contribution in [0.2, 0.25) is 5.02 Å². The van der Waals surface area contributed by atoms with E-state index in [4.69, 9.17) is 22.1 Å². The lowest BCUT2D eigenvalue weighted by molar-refractivity contribution is 0.0695. The van der Waals surface area contributed by atoms with Gasteiger partial charge in [-0.15, -0.1) is 0 Å². The summed E-state index contributed by atoms with van der Waals surface area (Å²) in [6, 6.07) is 9.95. The maximum atomic E-state index is 13.6. The number of aromatic carboxylic acids is 2. The van der Waals surface area contributed by atoms with Gasteiger partial charge in [0.1, 0.15) is 35.1 Å². The van der Waals surface area contributed by atoms with E-state index in [1.165, 1.54) is 36.4 Å². The van der Waals surface area contributed by atoms with Gasteiger partial charge in [-0.1, -0.05) is 29.8 Å². The van der Waals surface area contributed by atoms with E-state index in [9.17, 15) is 29.0 Å². The molecule has 8 nitrogen and oxygen atoms in total. The van der Waals surface area contributed by atoms with Crippen molar-refractivity contribution in [1.29, 1.82) is 0 Å². The molecule has 0 aliphatic rings. The topological polar surface area (TPSA) is 143 Å². The predicted molar refractivity (Wildman–Crippen MR) is 107 cm³/mol. The summed E-state index contributed by atoms with van der Waals surface area (Å²) in [4.78, 5) is 37.5. The number of H-pyrrole nitrogens is 1. The van der Waals surface area contributed by atoms with Crippen LogP contribution in [0, 0.1) is 5.82 Å². The van der Waals surface area contributed by atoms with Crippen LogP contribution in [0.1, 0.15) is 26.3 Å². The summed E-state index contributed by atoms with van der Waals surface area (Å²) in [5.41, 5.74) is 3.50. The normalized spacial score (nSPS) is 10.6. The van der Waals surface area contributed by atoms with Gasteiger partial charge in [-0.2, -0.15) is 0 Å². The van der Waals surface area contributed by atoms with E-state index >= 15 is 0 Å². The van der Waals surface area contributed by atoms with E-state index in [2.05, 4.69) is 0 Å². The van der Waals surface area contributed by atoms with Crippen molar-refractivity contribution in [2.45, 2.75) is 6.61 Å². The number of hydrogen-bond acceptors (Lipinski definition) is 5. The van der Waals surface area contributed by atoms with Gasteiger partial charge in [0.05, 0.1) is 5.02 Å². The van der Waals surface area contributed by atoms with Crippen LogP contribution in [-0.4, -0.2) is 27.1 Å².